The van der Waals surface area contributed by atoms with Crippen LogP contribution in [0.25, 0.3) is 0 Å². The van der Waals surface area contributed by atoms with Gasteiger partial charge in [-0.3, -0.25) is 43.2 Å². The number of hydrogen-bond donors (Lipinski definition) is 10. The van der Waals surface area contributed by atoms with Gasteiger partial charge in [-0.15, -0.1) is 11.8 Å². The SMILES string of the molecule is C=C1NS(=O)(=O)OC(C)=C1C#N.C=C1NS(=O)(=O)OC(CO)=C1C.CC(=O)C1=C(C)OS(=O)(=O)NC1=O.CC1=C(B(O)O)C(=O)NS(=O)(=O)O1.CSC1=C(C)OS(=O)(=O)NC1=O.O=C1NS(=O)(=O)OC2=C1CCCC2.O=C1NS(=O)(=O)Oc2ccncc21. The largest absolute Gasteiger partial charge is 0.497 e. The van der Waals surface area contributed by atoms with E-state index in [4.69, 9.17) is 20.4 Å². The second kappa shape index (κ2) is 29.2. The number of fused-ring (bicyclic) bond motifs is 1. The Hall–Kier alpha value is -8.28. The Balaban J connectivity index is 0.000000269. The number of Topliss-reactive ketones (excluding diaryl/α,β-unsaturated/α-hetero) is 1. The van der Waals surface area contributed by atoms with E-state index >= 15 is 0 Å². The van der Waals surface area contributed by atoms with Gasteiger partial charge in [0.25, 0.3) is 29.5 Å². The van der Waals surface area contributed by atoms with Crippen molar-refractivity contribution in [3.05, 3.63) is 116 Å². The summed E-state index contributed by atoms with van der Waals surface area (Å²) < 4.78 is 194. The van der Waals surface area contributed by atoms with Crippen molar-refractivity contribution in [1.82, 2.24) is 38.0 Å². The highest BCUT2D eigenvalue weighted by Crippen LogP contribution is 2.30. The molecule has 1 aromatic rings. The van der Waals surface area contributed by atoms with Crippen LogP contribution in [-0.4, -0.2) is 134 Å². The second-order valence-electron chi connectivity index (χ2n) is 16.7. The molecule has 484 valence electrons. The van der Waals surface area contributed by atoms with E-state index in [1.54, 1.807) is 33.4 Å². The van der Waals surface area contributed by atoms with Crippen molar-refractivity contribution in [2.75, 3.05) is 12.9 Å². The quantitative estimate of drug-likeness (QED) is 0.103. The van der Waals surface area contributed by atoms with Crippen LogP contribution in [0.2, 0.25) is 0 Å². The Kier molecular flexibility index (Phi) is 24.5. The van der Waals surface area contributed by atoms with E-state index in [1.807, 2.05) is 9.44 Å². The Morgan fingerprint density at radius 1 is 0.614 bits per heavy atom. The molecule has 0 atom stereocenters. The third-order valence-corrected chi connectivity index (χ3v) is 17.4. The normalized spacial score (nSPS) is 21.4. The van der Waals surface area contributed by atoms with Crippen molar-refractivity contribution in [3.8, 4) is 11.8 Å². The third kappa shape index (κ3) is 21.5. The van der Waals surface area contributed by atoms with Gasteiger partial charge < -0.3 is 44.4 Å². The molecule has 1 aliphatic carbocycles. The molecule has 1 aromatic heterocycles. The zero-order valence-electron chi connectivity index (χ0n) is 45.8. The summed E-state index contributed by atoms with van der Waals surface area (Å²) in [6.07, 6.45) is 7.18. The van der Waals surface area contributed by atoms with E-state index in [2.05, 4.69) is 52.1 Å². The highest BCUT2D eigenvalue weighted by Gasteiger charge is 2.37. The molecule has 5 amide bonds. The molecule has 0 aromatic carbocycles. The van der Waals surface area contributed by atoms with Crippen LogP contribution in [0, 0.1) is 11.3 Å². The molecule has 10 N–H and O–H groups in total. The van der Waals surface area contributed by atoms with Gasteiger partial charge in [0.1, 0.15) is 63.1 Å². The van der Waals surface area contributed by atoms with Crippen molar-refractivity contribution in [2.24, 2.45) is 0 Å². The first-order valence-electron chi connectivity index (χ1n) is 23.0. The lowest BCUT2D eigenvalue weighted by Crippen LogP contribution is -2.42. The summed E-state index contributed by atoms with van der Waals surface area (Å²) in [5.41, 5.74) is 0.701. The van der Waals surface area contributed by atoms with E-state index in [1.165, 1.54) is 44.0 Å². The summed E-state index contributed by atoms with van der Waals surface area (Å²) in [6, 6.07) is 3.08. The van der Waals surface area contributed by atoms with Crippen molar-refractivity contribution in [1.29, 1.82) is 5.26 Å². The van der Waals surface area contributed by atoms with E-state index in [0.717, 1.165) is 38.5 Å². The Labute approximate surface area is 506 Å². The highest BCUT2D eigenvalue weighted by atomic mass is 32.3. The number of thioether (sulfide) groups is 1. The van der Waals surface area contributed by atoms with Crippen LogP contribution >= 0.6 is 11.8 Å². The molecule has 0 unspecified atom stereocenters. The van der Waals surface area contributed by atoms with Crippen LogP contribution in [0.4, 0.5) is 0 Å². The molecule has 7 aliphatic heterocycles. The molecule has 8 heterocycles. The maximum absolute atomic E-state index is 11.2. The van der Waals surface area contributed by atoms with Crippen LogP contribution in [0.1, 0.15) is 77.6 Å². The van der Waals surface area contributed by atoms with Crippen LogP contribution in [-0.2, 0) is 121 Å². The number of nitrogens with one attached hydrogen (secondary N) is 7. The number of aliphatic hydroxyl groups excluding tert-OH is 1. The number of ketones is 1. The number of allylic oxidation sites excluding steroid dienone is 7. The summed E-state index contributed by atoms with van der Waals surface area (Å²) >= 11 is 1.14. The molecular formula is C40H48BN9O30S8. The first-order valence-corrected chi connectivity index (χ1v) is 34.1. The molecule has 0 saturated heterocycles. The number of hydrogen-bond acceptors (Lipinski definition) is 33. The predicted molar refractivity (Wildman–Crippen MR) is 294 cm³/mol. The molecule has 0 fully saturated rings. The predicted octanol–water partition coefficient (Wildman–Crippen LogP) is -3.68. The minimum atomic E-state index is -4.13. The molecule has 9 rings (SSSR count). The number of aliphatic hydroxyl groups is 1. The van der Waals surface area contributed by atoms with Crippen molar-refractivity contribution in [2.45, 2.75) is 67.2 Å². The zero-order valence-corrected chi connectivity index (χ0v) is 52.3. The molecule has 88 heavy (non-hydrogen) atoms. The average molecular weight is 1400 g/mol. The fraction of sp³-hybridized carbons (Fsp3) is 0.300. The fourth-order valence-corrected chi connectivity index (χ4v) is 13.1. The van der Waals surface area contributed by atoms with Gasteiger partial charge >= 0.3 is 79.2 Å². The van der Waals surface area contributed by atoms with E-state index in [0.29, 0.717) is 29.7 Å². The number of carbonyl (C=O) groups is 6. The molecule has 0 spiro atoms. The number of aromatic nitrogens is 1. The van der Waals surface area contributed by atoms with E-state index < -0.39 is 127 Å². The number of amides is 5. The summed E-state index contributed by atoms with van der Waals surface area (Å²) in [4.78, 5) is 70.0. The standard InChI is InChI=1S/C7H9NO4S.C6H4N2O4S.C6H6N2O3S.C6H7NO5S.C6H9NO4S.C5H7NO4S2.C4H6BNO6S/c9-7-5-3-1-2-4-6(5)12-13(10,11)8-7;9-6-4-3-7-2-1-5(4)12-13(10,11)8-6;1-4-6(3-7)5(2)11-12(9,10)8-4;1-3(8)5-4(2)12-13(10,11)7-6(5)9;1-4-5(2)7-12(9,10)11-6(4)3-8;1-3-4(11-2)5(7)6-12(8,9)10-3;1-2-3(5(8)9)4(7)6-13(10,11)12-2/h1-4H2,(H,8,9);1-3H,(H,8,9);8H,1H2,2H3;1-2H3,(H,7,9);7-8H,2-3H2,1H3;1-2H3,(H,6,7);8-9H,1H3,(H,6,7). The molecular weight excluding hydrogens is 1350 g/mol. The topological polar surface area (TPSA) is 588 Å². The van der Waals surface area contributed by atoms with E-state index in [-0.39, 0.29) is 67.6 Å². The fourth-order valence-electron chi connectivity index (χ4n) is 6.61. The lowest BCUT2D eigenvalue weighted by atomic mass is 9.78. The van der Waals surface area contributed by atoms with E-state index in [9.17, 15) is 87.7 Å². The van der Waals surface area contributed by atoms with Crippen LogP contribution in [0.5, 0.6) is 5.75 Å². The van der Waals surface area contributed by atoms with Crippen molar-refractivity contribution < 1.29 is 132 Å². The maximum atomic E-state index is 11.2. The summed E-state index contributed by atoms with van der Waals surface area (Å²) in [7, 11) is -29.5. The maximum Gasteiger partial charge on any atom is 0.497 e. The van der Waals surface area contributed by atoms with Gasteiger partial charge in [0.2, 0.25) is 0 Å². The third-order valence-electron chi connectivity index (χ3n) is 10.2. The lowest BCUT2D eigenvalue weighted by molar-refractivity contribution is -0.122. The number of nitriles is 1. The average Bonchev–Trinajstić information content (AvgIpc) is 3.46. The number of nitrogens with zero attached hydrogens (tertiary/aromatic N) is 2. The smallest absolute Gasteiger partial charge is 0.423 e. The zero-order chi connectivity index (χ0) is 67.5. The first-order chi connectivity index (χ1) is 40.2. The summed E-state index contributed by atoms with van der Waals surface area (Å²) in [6.45, 7) is 14.3. The molecule has 8 aliphatic rings. The van der Waals surface area contributed by atoms with Gasteiger partial charge in [-0.2, -0.15) is 64.2 Å². The monoisotopic (exact) mass is 1400 g/mol. The Bertz CT molecular complexity index is 4200. The molecule has 0 bridgehead atoms. The summed E-state index contributed by atoms with van der Waals surface area (Å²) in [5, 5.41) is 34.5. The lowest BCUT2D eigenvalue weighted by Gasteiger charge is -2.23. The molecule has 0 radical (unpaired) electrons. The van der Waals surface area contributed by atoms with Crippen LogP contribution in [0.3, 0.4) is 0 Å². The molecule has 48 heteroatoms. The first kappa shape index (κ1) is 74.0. The van der Waals surface area contributed by atoms with Gasteiger partial charge in [-0.05, 0) is 67.1 Å². The Morgan fingerprint density at radius 3 is 1.57 bits per heavy atom. The van der Waals surface area contributed by atoms with Crippen molar-refractivity contribution >= 4 is 126 Å². The Morgan fingerprint density at radius 2 is 1.07 bits per heavy atom. The number of rotatable bonds is 4. The van der Waals surface area contributed by atoms with Gasteiger partial charge in [0.15, 0.2) is 17.3 Å². The molecule has 39 nitrogen and oxygen atoms in total. The summed E-state index contributed by atoms with van der Waals surface area (Å²) in [5.74, 6) is -4.52. The van der Waals surface area contributed by atoms with Gasteiger partial charge in [0.05, 0.1) is 22.4 Å². The highest BCUT2D eigenvalue weighted by molar-refractivity contribution is 8.03. The minimum Gasteiger partial charge on any atom is -0.423 e. The van der Waals surface area contributed by atoms with Crippen LogP contribution in [0.15, 0.2) is 110 Å². The number of carbonyl (C=O) groups excluding carboxylic acids is 6. The second-order valence-corrected chi connectivity index (χ2v) is 26.5. The van der Waals surface area contributed by atoms with Crippen molar-refractivity contribution in [3.63, 3.8) is 0 Å². The number of pyridine rings is 1. The van der Waals surface area contributed by atoms with Gasteiger partial charge in [-0.25, -0.2) is 23.6 Å². The minimum absolute atomic E-state index is 0.00116. The van der Waals surface area contributed by atoms with Gasteiger partial charge in [-0.1, -0.05) is 13.2 Å². The van der Waals surface area contributed by atoms with Crippen LogP contribution < -0.4 is 37.2 Å². The van der Waals surface area contributed by atoms with Gasteiger partial charge in [0, 0.05) is 30.5 Å². The molecule has 0 saturated carbocycles.